The molecule has 1 aromatic rings. The third kappa shape index (κ3) is 1.82. The molecule has 0 radical (unpaired) electrons. The van der Waals surface area contributed by atoms with E-state index in [1.165, 1.54) is 0 Å². The molecule has 0 saturated carbocycles. The van der Waals surface area contributed by atoms with Gasteiger partial charge >= 0.3 is 0 Å². The van der Waals surface area contributed by atoms with E-state index in [4.69, 9.17) is 11.5 Å². The fraction of sp³-hybridized carbons (Fsp3) is 0.500. The zero-order valence-corrected chi connectivity index (χ0v) is 6.83. The van der Waals surface area contributed by atoms with Gasteiger partial charge in [-0.1, -0.05) is 0 Å². The summed E-state index contributed by atoms with van der Waals surface area (Å²) in [5, 5.41) is 0. The highest BCUT2D eigenvalue weighted by atomic mass is 14.9. The summed E-state index contributed by atoms with van der Waals surface area (Å²) in [6.45, 7) is 0.645. The van der Waals surface area contributed by atoms with Crippen LogP contribution in [0.2, 0.25) is 0 Å². The van der Waals surface area contributed by atoms with Gasteiger partial charge in [0.15, 0.2) is 0 Å². The Morgan fingerprint density at radius 1 is 1.64 bits per heavy atom. The van der Waals surface area contributed by atoms with Crippen molar-refractivity contribution in [3.63, 3.8) is 0 Å². The standard InChI is InChI=1S/C8H15N3/c1-11-6-2-3-8(11)7(10)4-5-9/h2-3,6-7H,4-5,9-10H2,1H3. The molecule has 0 aliphatic heterocycles. The molecule has 0 spiro atoms. The number of aryl methyl sites for hydroxylation is 1. The molecule has 3 heteroatoms. The molecule has 1 heterocycles. The summed E-state index contributed by atoms with van der Waals surface area (Å²) < 4.78 is 2.03. The highest BCUT2D eigenvalue weighted by Crippen LogP contribution is 2.12. The van der Waals surface area contributed by atoms with Crippen molar-refractivity contribution in [2.45, 2.75) is 12.5 Å². The van der Waals surface area contributed by atoms with Crippen LogP contribution in [0.4, 0.5) is 0 Å². The second kappa shape index (κ2) is 3.55. The fourth-order valence-electron chi connectivity index (χ4n) is 1.19. The summed E-state index contributed by atoms with van der Waals surface area (Å²) in [5.74, 6) is 0. The monoisotopic (exact) mass is 153 g/mol. The molecule has 62 valence electrons. The van der Waals surface area contributed by atoms with E-state index in [1.807, 2.05) is 29.9 Å². The van der Waals surface area contributed by atoms with Crippen LogP contribution in [0.5, 0.6) is 0 Å². The number of hydrogen-bond donors (Lipinski definition) is 2. The van der Waals surface area contributed by atoms with Crippen LogP contribution < -0.4 is 11.5 Å². The van der Waals surface area contributed by atoms with Gasteiger partial charge in [-0.15, -0.1) is 0 Å². The van der Waals surface area contributed by atoms with Crippen molar-refractivity contribution >= 4 is 0 Å². The molecular weight excluding hydrogens is 138 g/mol. The van der Waals surface area contributed by atoms with E-state index in [9.17, 15) is 0 Å². The van der Waals surface area contributed by atoms with Crippen LogP contribution in [-0.2, 0) is 7.05 Å². The molecule has 0 saturated heterocycles. The van der Waals surface area contributed by atoms with Gasteiger partial charge in [-0.25, -0.2) is 0 Å². The highest BCUT2D eigenvalue weighted by Gasteiger charge is 2.06. The van der Waals surface area contributed by atoms with E-state index in [0.717, 1.165) is 12.1 Å². The number of rotatable bonds is 3. The quantitative estimate of drug-likeness (QED) is 0.659. The van der Waals surface area contributed by atoms with Crippen LogP contribution in [0.15, 0.2) is 18.3 Å². The number of hydrogen-bond acceptors (Lipinski definition) is 2. The summed E-state index contributed by atoms with van der Waals surface area (Å²) >= 11 is 0. The van der Waals surface area contributed by atoms with Crippen molar-refractivity contribution in [1.82, 2.24) is 4.57 Å². The van der Waals surface area contributed by atoms with E-state index < -0.39 is 0 Å². The van der Waals surface area contributed by atoms with E-state index in [2.05, 4.69) is 0 Å². The Bertz CT molecular complexity index is 217. The Hall–Kier alpha value is -0.800. The number of nitrogens with zero attached hydrogens (tertiary/aromatic N) is 1. The van der Waals surface area contributed by atoms with Gasteiger partial charge < -0.3 is 16.0 Å². The van der Waals surface area contributed by atoms with Crippen LogP contribution in [0.1, 0.15) is 18.2 Å². The Kier molecular flexibility index (Phi) is 2.68. The van der Waals surface area contributed by atoms with Crippen LogP contribution >= 0.6 is 0 Å². The first-order valence-electron chi connectivity index (χ1n) is 3.82. The average Bonchev–Trinajstić information content (AvgIpc) is 2.36. The molecule has 1 atom stereocenters. The molecule has 0 bridgehead atoms. The fourth-order valence-corrected chi connectivity index (χ4v) is 1.19. The predicted molar refractivity (Wildman–Crippen MR) is 46.0 cm³/mol. The molecule has 11 heavy (non-hydrogen) atoms. The molecule has 3 nitrogen and oxygen atoms in total. The maximum atomic E-state index is 5.85. The maximum Gasteiger partial charge on any atom is 0.0461 e. The van der Waals surface area contributed by atoms with Gasteiger partial charge in [-0.3, -0.25) is 0 Å². The number of nitrogens with two attached hydrogens (primary N) is 2. The summed E-state index contributed by atoms with van der Waals surface area (Å²) in [6, 6.07) is 4.10. The minimum absolute atomic E-state index is 0.0833. The van der Waals surface area contributed by atoms with Gasteiger partial charge in [-0.2, -0.15) is 0 Å². The van der Waals surface area contributed by atoms with Crippen LogP contribution in [0.3, 0.4) is 0 Å². The first-order chi connectivity index (χ1) is 5.25. The lowest BCUT2D eigenvalue weighted by Crippen LogP contribution is -2.17. The second-order valence-corrected chi connectivity index (χ2v) is 2.73. The van der Waals surface area contributed by atoms with Gasteiger partial charge in [0.1, 0.15) is 0 Å². The number of aromatic nitrogens is 1. The average molecular weight is 153 g/mol. The summed E-state index contributed by atoms with van der Waals surface area (Å²) in [5.41, 5.74) is 12.4. The van der Waals surface area contributed by atoms with E-state index >= 15 is 0 Å². The highest BCUT2D eigenvalue weighted by molar-refractivity contribution is 5.10. The Morgan fingerprint density at radius 3 is 2.82 bits per heavy atom. The predicted octanol–water partition coefficient (Wildman–Crippen LogP) is 0.374. The third-order valence-electron chi connectivity index (χ3n) is 1.84. The molecule has 1 unspecified atom stereocenters. The van der Waals surface area contributed by atoms with Crippen molar-refractivity contribution in [3.8, 4) is 0 Å². The molecule has 0 fully saturated rings. The Morgan fingerprint density at radius 2 is 2.36 bits per heavy atom. The molecule has 1 rings (SSSR count). The summed E-state index contributed by atoms with van der Waals surface area (Å²) in [4.78, 5) is 0. The van der Waals surface area contributed by atoms with Gasteiger partial charge in [-0.05, 0) is 25.1 Å². The second-order valence-electron chi connectivity index (χ2n) is 2.73. The van der Waals surface area contributed by atoms with Crippen LogP contribution in [0, 0.1) is 0 Å². The van der Waals surface area contributed by atoms with Gasteiger partial charge in [0.05, 0.1) is 0 Å². The largest absolute Gasteiger partial charge is 0.353 e. The zero-order chi connectivity index (χ0) is 8.27. The van der Waals surface area contributed by atoms with Crippen molar-refractivity contribution in [2.75, 3.05) is 6.54 Å². The van der Waals surface area contributed by atoms with Gasteiger partial charge in [0.2, 0.25) is 0 Å². The van der Waals surface area contributed by atoms with Crippen molar-refractivity contribution < 1.29 is 0 Å². The Labute approximate surface area is 67.0 Å². The summed E-state index contributed by atoms with van der Waals surface area (Å²) in [7, 11) is 1.99. The summed E-state index contributed by atoms with van der Waals surface area (Å²) in [6.07, 6.45) is 2.84. The molecule has 0 amide bonds. The SMILES string of the molecule is Cn1cccc1C(N)CCN. The molecule has 4 N–H and O–H groups in total. The lowest BCUT2D eigenvalue weighted by atomic mass is 10.1. The Balaban J connectivity index is 2.67. The van der Waals surface area contributed by atoms with Crippen molar-refractivity contribution in [3.05, 3.63) is 24.0 Å². The minimum Gasteiger partial charge on any atom is -0.353 e. The lowest BCUT2D eigenvalue weighted by molar-refractivity contribution is 0.615. The van der Waals surface area contributed by atoms with Gasteiger partial charge in [0.25, 0.3) is 0 Å². The first kappa shape index (κ1) is 8.30. The third-order valence-corrected chi connectivity index (χ3v) is 1.84. The molecule has 0 aromatic carbocycles. The van der Waals surface area contributed by atoms with E-state index in [-0.39, 0.29) is 6.04 Å². The van der Waals surface area contributed by atoms with Gasteiger partial charge in [0, 0.05) is 25.0 Å². The van der Waals surface area contributed by atoms with Crippen LogP contribution in [0.25, 0.3) is 0 Å². The zero-order valence-electron chi connectivity index (χ0n) is 6.83. The molecule has 0 aliphatic rings. The van der Waals surface area contributed by atoms with Crippen LogP contribution in [-0.4, -0.2) is 11.1 Å². The van der Waals surface area contributed by atoms with E-state index in [1.54, 1.807) is 0 Å². The van der Waals surface area contributed by atoms with Crippen molar-refractivity contribution in [2.24, 2.45) is 18.5 Å². The molecular formula is C8H15N3. The normalized spacial score (nSPS) is 13.4. The topological polar surface area (TPSA) is 57.0 Å². The minimum atomic E-state index is 0.0833. The van der Waals surface area contributed by atoms with Crippen molar-refractivity contribution in [1.29, 1.82) is 0 Å². The first-order valence-corrected chi connectivity index (χ1v) is 3.82. The lowest BCUT2D eigenvalue weighted by Gasteiger charge is -2.10. The van der Waals surface area contributed by atoms with E-state index in [0.29, 0.717) is 6.54 Å². The smallest absolute Gasteiger partial charge is 0.0461 e. The molecule has 1 aromatic heterocycles. The molecule has 0 aliphatic carbocycles. The maximum absolute atomic E-state index is 5.85.